The first-order chi connectivity index (χ1) is 12.7. The van der Waals surface area contributed by atoms with E-state index in [1.165, 1.54) is 16.7 Å². The molecule has 0 spiro atoms. The molecule has 2 aromatic rings. The highest BCUT2D eigenvalue weighted by Gasteiger charge is 2.22. The predicted octanol–water partition coefficient (Wildman–Crippen LogP) is 3.47. The molecule has 1 amide bonds. The Bertz CT molecular complexity index is 692. The third kappa shape index (κ3) is 4.93. The summed E-state index contributed by atoms with van der Waals surface area (Å²) < 4.78 is 5.07. The molecule has 4 heteroatoms. The van der Waals surface area contributed by atoms with Crippen LogP contribution >= 0.6 is 0 Å². The number of methoxy groups -OCH3 is 1. The van der Waals surface area contributed by atoms with E-state index in [2.05, 4.69) is 58.7 Å². The van der Waals surface area contributed by atoms with Crippen LogP contribution in [0.4, 0.5) is 0 Å². The number of hydrogen-bond acceptors (Lipinski definition) is 3. The van der Waals surface area contributed by atoms with Crippen molar-refractivity contribution in [3.05, 3.63) is 60.2 Å². The van der Waals surface area contributed by atoms with Gasteiger partial charge in [0.15, 0.2) is 0 Å². The molecule has 1 saturated heterocycles. The van der Waals surface area contributed by atoms with E-state index in [4.69, 9.17) is 4.74 Å². The van der Waals surface area contributed by atoms with E-state index in [1.54, 1.807) is 14.0 Å². The third-order valence-electron chi connectivity index (χ3n) is 5.12. The molecule has 1 atom stereocenters. The van der Waals surface area contributed by atoms with Gasteiger partial charge in [-0.25, -0.2) is 0 Å². The first-order valence-corrected chi connectivity index (χ1v) is 9.35. The van der Waals surface area contributed by atoms with Crippen molar-refractivity contribution in [1.82, 2.24) is 10.2 Å². The molecule has 0 saturated carbocycles. The number of ether oxygens (including phenoxy) is 1. The molecule has 1 aliphatic heterocycles. The number of rotatable bonds is 6. The Balaban J connectivity index is 1.48. The topological polar surface area (TPSA) is 41.6 Å². The van der Waals surface area contributed by atoms with E-state index in [0.29, 0.717) is 0 Å². The van der Waals surface area contributed by atoms with E-state index >= 15 is 0 Å². The second-order valence-corrected chi connectivity index (χ2v) is 7.00. The third-order valence-corrected chi connectivity index (χ3v) is 5.12. The second kappa shape index (κ2) is 8.97. The maximum atomic E-state index is 11.9. The van der Waals surface area contributed by atoms with Gasteiger partial charge in [-0.2, -0.15) is 0 Å². The van der Waals surface area contributed by atoms with Crippen molar-refractivity contribution in [3.8, 4) is 11.1 Å². The molecule has 0 unspecified atom stereocenters. The van der Waals surface area contributed by atoms with Gasteiger partial charge in [0, 0.05) is 32.8 Å². The lowest BCUT2D eigenvalue weighted by Gasteiger charge is -2.32. The smallest absolute Gasteiger partial charge is 0.249 e. The fourth-order valence-electron chi connectivity index (χ4n) is 3.35. The number of carbonyl (C=O) groups excluding carboxylic acids is 1. The van der Waals surface area contributed by atoms with Gasteiger partial charge >= 0.3 is 0 Å². The van der Waals surface area contributed by atoms with Gasteiger partial charge in [-0.1, -0.05) is 54.6 Å². The van der Waals surface area contributed by atoms with Crippen molar-refractivity contribution in [2.75, 3.05) is 20.2 Å². The number of hydrogen-bond donors (Lipinski definition) is 1. The van der Waals surface area contributed by atoms with Crippen molar-refractivity contribution in [1.29, 1.82) is 0 Å². The average molecular weight is 352 g/mol. The van der Waals surface area contributed by atoms with Crippen LogP contribution in [-0.2, 0) is 16.1 Å². The zero-order chi connectivity index (χ0) is 18.4. The molecule has 1 heterocycles. The van der Waals surface area contributed by atoms with Gasteiger partial charge in [-0.15, -0.1) is 0 Å². The molecule has 1 fully saturated rings. The Kier molecular flexibility index (Phi) is 6.42. The minimum absolute atomic E-state index is 0.0116. The monoisotopic (exact) mass is 352 g/mol. The first-order valence-electron chi connectivity index (χ1n) is 9.35. The molecule has 0 aliphatic carbocycles. The van der Waals surface area contributed by atoms with Crippen LogP contribution in [0.5, 0.6) is 0 Å². The number of benzene rings is 2. The molecular formula is C22H28N2O2. The van der Waals surface area contributed by atoms with Crippen LogP contribution in [0.2, 0.25) is 0 Å². The van der Waals surface area contributed by atoms with Crippen LogP contribution in [0.3, 0.4) is 0 Å². The van der Waals surface area contributed by atoms with Gasteiger partial charge in [0.05, 0.1) is 0 Å². The number of piperidine rings is 1. The van der Waals surface area contributed by atoms with E-state index in [-0.39, 0.29) is 18.1 Å². The van der Waals surface area contributed by atoms with Crippen LogP contribution in [0, 0.1) is 0 Å². The standard InChI is InChI=1S/C22H28N2O2/c1-17(26-2)22(25)23-21-12-14-24(15-13-21)16-18-8-10-20(11-9-18)19-6-4-3-5-7-19/h3-11,17,21H,12-16H2,1-2H3,(H,23,25)/t17-/m0/s1. The Morgan fingerprint density at radius 2 is 1.69 bits per heavy atom. The van der Waals surface area contributed by atoms with Gasteiger partial charge in [0.2, 0.25) is 5.91 Å². The summed E-state index contributed by atoms with van der Waals surface area (Å²) in [7, 11) is 1.57. The van der Waals surface area contributed by atoms with Crippen LogP contribution in [0.15, 0.2) is 54.6 Å². The van der Waals surface area contributed by atoms with Crippen LogP contribution < -0.4 is 5.32 Å². The molecule has 1 N–H and O–H groups in total. The Morgan fingerprint density at radius 3 is 2.31 bits per heavy atom. The van der Waals surface area contributed by atoms with Crippen LogP contribution in [-0.4, -0.2) is 43.2 Å². The zero-order valence-corrected chi connectivity index (χ0v) is 15.7. The fourth-order valence-corrected chi connectivity index (χ4v) is 3.35. The molecule has 3 rings (SSSR count). The summed E-state index contributed by atoms with van der Waals surface area (Å²) in [6.45, 7) is 4.76. The normalized spacial score (nSPS) is 17.0. The molecule has 0 aromatic heterocycles. The summed E-state index contributed by atoms with van der Waals surface area (Å²) in [6, 6.07) is 19.5. The minimum atomic E-state index is -0.379. The maximum Gasteiger partial charge on any atom is 0.249 e. The van der Waals surface area contributed by atoms with Crippen molar-refractivity contribution in [2.45, 2.75) is 38.5 Å². The van der Waals surface area contributed by atoms with Gasteiger partial charge in [-0.05, 0) is 36.5 Å². The Labute approximate surface area is 156 Å². The molecule has 4 nitrogen and oxygen atoms in total. The van der Waals surface area contributed by atoms with Crippen molar-refractivity contribution >= 4 is 5.91 Å². The summed E-state index contributed by atoms with van der Waals surface area (Å²) in [5.74, 6) is -0.0116. The number of amides is 1. The van der Waals surface area contributed by atoms with Gasteiger partial charge in [0.25, 0.3) is 0 Å². The predicted molar refractivity (Wildman–Crippen MR) is 105 cm³/mol. The van der Waals surface area contributed by atoms with E-state index < -0.39 is 0 Å². The number of nitrogens with zero attached hydrogens (tertiary/aromatic N) is 1. The number of likely N-dealkylation sites (tertiary alicyclic amines) is 1. The minimum Gasteiger partial charge on any atom is -0.372 e. The second-order valence-electron chi connectivity index (χ2n) is 7.00. The average Bonchev–Trinajstić information content (AvgIpc) is 2.70. The highest BCUT2D eigenvalue weighted by molar-refractivity contribution is 5.80. The van der Waals surface area contributed by atoms with Crippen molar-refractivity contribution in [3.63, 3.8) is 0 Å². The molecule has 1 aliphatic rings. The number of carbonyl (C=O) groups is 1. The molecule has 0 bridgehead atoms. The summed E-state index contributed by atoms with van der Waals surface area (Å²) in [4.78, 5) is 14.4. The molecular weight excluding hydrogens is 324 g/mol. The van der Waals surface area contributed by atoms with Gasteiger partial charge in [-0.3, -0.25) is 9.69 Å². The number of nitrogens with one attached hydrogen (secondary N) is 1. The molecule has 0 radical (unpaired) electrons. The lowest BCUT2D eigenvalue weighted by atomic mass is 10.0. The summed E-state index contributed by atoms with van der Waals surface area (Å²) in [5, 5.41) is 3.09. The molecule has 2 aromatic carbocycles. The summed E-state index contributed by atoms with van der Waals surface area (Å²) >= 11 is 0. The lowest BCUT2D eigenvalue weighted by Crippen LogP contribution is -2.47. The van der Waals surface area contributed by atoms with Gasteiger partial charge < -0.3 is 10.1 Å². The fraction of sp³-hybridized carbons (Fsp3) is 0.409. The highest BCUT2D eigenvalue weighted by Crippen LogP contribution is 2.20. The van der Waals surface area contributed by atoms with Gasteiger partial charge in [0.1, 0.15) is 6.10 Å². The van der Waals surface area contributed by atoms with E-state index in [1.807, 2.05) is 6.07 Å². The summed E-state index contributed by atoms with van der Waals surface area (Å²) in [5.41, 5.74) is 3.84. The lowest BCUT2D eigenvalue weighted by molar-refractivity contribution is -0.131. The van der Waals surface area contributed by atoms with E-state index in [9.17, 15) is 4.79 Å². The Morgan fingerprint density at radius 1 is 1.08 bits per heavy atom. The quantitative estimate of drug-likeness (QED) is 0.865. The zero-order valence-electron chi connectivity index (χ0n) is 15.7. The Hall–Kier alpha value is -2.17. The van der Waals surface area contributed by atoms with Crippen LogP contribution in [0.1, 0.15) is 25.3 Å². The molecule has 138 valence electrons. The summed E-state index contributed by atoms with van der Waals surface area (Å²) in [6.07, 6.45) is 1.60. The maximum absolute atomic E-state index is 11.9. The van der Waals surface area contributed by atoms with Crippen LogP contribution in [0.25, 0.3) is 11.1 Å². The largest absolute Gasteiger partial charge is 0.372 e. The molecule has 26 heavy (non-hydrogen) atoms. The van der Waals surface area contributed by atoms with Crippen molar-refractivity contribution < 1.29 is 9.53 Å². The van der Waals surface area contributed by atoms with Crippen molar-refractivity contribution in [2.24, 2.45) is 0 Å². The SMILES string of the molecule is CO[C@@H](C)C(=O)NC1CCN(Cc2ccc(-c3ccccc3)cc2)CC1. The highest BCUT2D eigenvalue weighted by atomic mass is 16.5. The van der Waals surface area contributed by atoms with E-state index in [0.717, 1.165) is 32.5 Å². The first kappa shape index (κ1) is 18.6.